The lowest BCUT2D eigenvalue weighted by atomic mass is 10.3. The zero-order chi connectivity index (χ0) is 17.9. The van der Waals surface area contributed by atoms with Crippen molar-refractivity contribution >= 4 is 39.2 Å². The zero-order valence-corrected chi connectivity index (χ0v) is 15.1. The minimum absolute atomic E-state index is 0.0740. The summed E-state index contributed by atoms with van der Waals surface area (Å²) in [5.74, 6) is -0.918. The Bertz CT molecular complexity index is 862. The summed E-state index contributed by atoms with van der Waals surface area (Å²) in [5.41, 5.74) is 1.48. The second-order valence-corrected chi connectivity index (χ2v) is 7.75. The van der Waals surface area contributed by atoms with E-state index in [0.29, 0.717) is 12.1 Å². The third-order valence-electron chi connectivity index (χ3n) is 3.52. The number of rotatable bonds is 7. The molecule has 2 rings (SSSR count). The van der Waals surface area contributed by atoms with Gasteiger partial charge in [0, 0.05) is 36.4 Å². The molecule has 0 radical (unpaired) electrons. The molecule has 0 fully saturated rings. The van der Waals surface area contributed by atoms with E-state index in [-0.39, 0.29) is 27.9 Å². The fourth-order valence-electron chi connectivity index (χ4n) is 2.26. The summed E-state index contributed by atoms with van der Waals surface area (Å²) in [4.78, 5) is 10.7. The van der Waals surface area contributed by atoms with E-state index in [1.807, 2.05) is 0 Å². The van der Waals surface area contributed by atoms with Crippen LogP contribution < -0.4 is 4.72 Å². The molecule has 1 aromatic heterocycles. The molecule has 0 spiro atoms. The van der Waals surface area contributed by atoms with Crippen LogP contribution in [0.1, 0.15) is 11.4 Å². The first kappa shape index (κ1) is 18.8. The second kappa shape index (κ2) is 7.57. The molecule has 24 heavy (non-hydrogen) atoms. The van der Waals surface area contributed by atoms with Gasteiger partial charge in [0.25, 0.3) is 0 Å². The van der Waals surface area contributed by atoms with Crippen LogP contribution >= 0.6 is 23.2 Å². The third kappa shape index (κ3) is 4.51. The minimum Gasteiger partial charge on any atom is -0.481 e. The Morgan fingerprint density at radius 1 is 1.21 bits per heavy atom. The van der Waals surface area contributed by atoms with E-state index < -0.39 is 16.0 Å². The maximum atomic E-state index is 12.3. The molecule has 0 saturated heterocycles. The number of benzene rings is 1. The maximum absolute atomic E-state index is 12.3. The van der Waals surface area contributed by atoms with Crippen LogP contribution in [0.3, 0.4) is 0 Å². The van der Waals surface area contributed by atoms with Crippen LogP contribution in [-0.2, 0) is 34.7 Å². The largest absolute Gasteiger partial charge is 0.481 e. The lowest BCUT2D eigenvalue weighted by molar-refractivity contribution is -0.136. The van der Waals surface area contributed by atoms with Crippen LogP contribution in [0, 0.1) is 0 Å². The number of aromatic nitrogens is 1. The lowest BCUT2D eigenvalue weighted by Crippen LogP contribution is -2.26. The molecular weight excluding hydrogens is 375 g/mol. The number of carboxylic acids is 1. The van der Waals surface area contributed by atoms with Gasteiger partial charge in [0.15, 0.2) is 0 Å². The summed E-state index contributed by atoms with van der Waals surface area (Å²) in [6.07, 6.45) is 0.327. The molecule has 130 valence electrons. The van der Waals surface area contributed by atoms with Gasteiger partial charge in [-0.25, -0.2) is 13.1 Å². The summed E-state index contributed by atoms with van der Waals surface area (Å²) in [5, 5.41) is 9.20. The number of nitrogens with one attached hydrogen (secondary N) is 1. The molecule has 0 bridgehead atoms. The number of nitrogens with zero attached hydrogens (tertiary/aromatic N) is 1. The molecular formula is C15H16Cl2N2O4S. The van der Waals surface area contributed by atoms with Crippen molar-refractivity contribution in [3.8, 4) is 0 Å². The molecule has 0 amide bonds. The van der Waals surface area contributed by atoms with Crippen molar-refractivity contribution < 1.29 is 18.3 Å². The number of carboxylic acid groups (broad SMARTS) is 1. The first-order valence-electron chi connectivity index (χ1n) is 7.00. The quantitative estimate of drug-likeness (QED) is 0.759. The highest BCUT2D eigenvalue weighted by Gasteiger charge is 2.18. The van der Waals surface area contributed by atoms with Crippen molar-refractivity contribution in [1.29, 1.82) is 0 Å². The number of carbonyl (C=O) groups is 1. The fraction of sp³-hybridized carbons (Fsp3) is 0.267. The predicted octanol–water partition coefficient (Wildman–Crippen LogP) is 2.48. The van der Waals surface area contributed by atoms with E-state index >= 15 is 0 Å². The van der Waals surface area contributed by atoms with Crippen molar-refractivity contribution in [3.63, 3.8) is 0 Å². The smallest absolute Gasteiger partial charge is 0.309 e. The number of halogens is 2. The Labute approximate surface area is 150 Å². The van der Waals surface area contributed by atoms with E-state index in [0.717, 1.165) is 5.69 Å². The van der Waals surface area contributed by atoms with Gasteiger partial charge in [-0.3, -0.25) is 4.79 Å². The normalized spacial score (nSPS) is 11.6. The van der Waals surface area contributed by atoms with Crippen LogP contribution in [0.4, 0.5) is 0 Å². The zero-order valence-electron chi connectivity index (χ0n) is 12.8. The lowest BCUT2D eigenvalue weighted by Gasteiger charge is -2.10. The van der Waals surface area contributed by atoms with Gasteiger partial charge < -0.3 is 9.67 Å². The van der Waals surface area contributed by atoms with Gasteiger partial charge in [0.05, 0.1) is 11.4 Å². The van der Waals surface area contributed by atoms with Gasteiger partial charge in [0.2, 0.25) is 10.0 Å². The summed E-state index contributed by atoms with van der Waals surface area (Å²) in [7, 11) is -2.03. The SMILES string of the molecule is Cn1c(CCNS(=O)(=O)c2cc(Cl)ccc2Cl)ccc1CC(=O)O. The second-order valence-electron chi connectivity index (χ2n) is 5.17. The first-order valence-corrected chi connectivity index (χ1v) is 9.24. The van der Waals surface area contributed by atoms with Gasteiger partial charge in [-0.2, -0.15) is 0 Å². The Kier molecular flexibility index (Phi) is 5.92. The number of hydrogen-bond donors (Lipinski definition) is 2. The van der Waals surface area contributed by atoms with Crippen molar-refractivity contribution in [3.05, 3.63) is 51.8 Å². The molecule has 9 heteroatoms. The minimum atomic E-state index is -3.78. The highest BCUT2D eigenvalue weighted by molar-refractivity contribution is 7.89. The number of sulfonamides is 1. The molecule has 2 aromatic rings. The predicted molar refractivity (Wildman–Crippen MR) is 92.1 cm³/mol. The Hall–Kier alpha value is -1.54. The van der Waals surface area contributed by atoms with E-state index in [1.54, 1.807) is 23.7 Å². The molecule has 0 saturated carbocycles. The highest BCUT2D eigenvalue weighted by atomic mass is 35.5. The van der Waals surface area contributed by atoms with E-state index in [1.165, 1.54) is 18.2 Å². The van der Waals surface area contributed by atoms with Gasteiger partial charge >= 0.3 is 5.97 Å². The van der Waals surface area contributed by atoms with Crippen molar-refractivity contribution in [1.82, 2.24) is 9.29 Å². The molecule has 0 atom stereocenters. The monoisotopic (exact) mass is 390 g/mol. The van der Waals surface area contributed by atoms with Crippen LogP contribution in [-0.4, -0.2) is 30.6 Å². The Balaban J connectivity index is 2.05. The van der Waals surface area contributed by atoms with Gasteiger partial charge in [-0.1, -0.05) is 23.2 Å². The molecule has 0 aliphatic carbocycles. The van der Waals surface area contributed by atoms with Crippen LogP contribution in [0.5, 0.6) is 0 Å². The summed E-state index contributed by atoms with van der Waals surface area (Å²) >= 11 is 11.7. The van der Waals surface area contributed by atoms with Crippen molar-refractivity contribution in [2.24, 2.45) is 7.05 Å². The van der Waals surface area contributed by atoms with Crippen molar-refractivity contribution in [2.45, 2.75) is 17.7 Å². The molecule has 0 unspecified atom stereocenters. The van der Waals surface area contributed by atoms with E-state index in [2.05, 4.69) is 4.72 Å². The van der Waals surface area contributed by atoms with Gasteiger partial charge in [0.1, 0.15) is 4.90 Å². The highest BCUT2D eigenvalue weighted by Crippen LogP contribution is 2.24. The molecule has 0 aliphatic rings. The molecule has 2 N–H and O–H groups in total. The molecule has 1 heterocycles. The summed E-state index contributed by atoms with van der Waals surface area (Å²) in [6.45, 7) is 0.148. The average Bonchev–Trinajstić information content (AvgIpc) is 2.82. The molecule has 1 aromatic carbocycles. The Morgan fingerprint density at radius 3 is 2.54 bits per heavy atom. The van der Waals surface area contributed by atoms with Gasteiger partial charge in [-0.15, -0.1) is 0 Å². The Morgan fingerprint density at radius 2 is 1.88 bits per heavy atom. The summed E-state index contributed by atoms with van der Waals surface area (Å²) < 4.78 is 28.8. The standard InChI is InChI=1S/C15H16Cl2N2O4S/c1-19-11(3-4-12(19)9-15(20)21)6-7-18-24(22,23)14-8-10(16)2-5-13(14)17/h2-5,8,18H,6-7,9H2,1H3,(H,20,21). The van der Waals surface area contributed by atoms with Crippen LogP contribution in [0.2, 0.25) is 10.0 Å². The van der Waals surface area contributed by atoms with Crippen molar-refractivity contribution in [2.75, 3.05) is 6.54 Å². The maximum Gasteiger partial charge on any atom is 0.309 e. The first-order chi connectivity index (χ1) is 11.2. The van der Waals surface area contributed by atoms with Crippen LogP contribution in [0.15, 0.2) is 35.2 Å². The van der Waals surface area contributed by atoms with Gasteiger partial charge in [-0.05, 0) is 30.3 Å². The third-order valence-corrected chi connectivity index (χ3v) is 5.70. The van der Waals surface area contributed by atoms with E-state index in [4.69, 9.17) is 28.3 Å². The summed E-state index contributed by atoms with van der Waals surface area (Å²) in [6, 6.07) is 7.72. The average molecular weight is 391 g/mol. The molecule has 6 nitrogen and oxygen atoms in total. The topological polar surface area (TPSA) is 88.4 Å². The number of hydrogen-bond acceptors (Lipinski definition) is 3. The molecule has 0 aliphatic heterocycles. The van der Waals surface area contributed by atoms with E-state index in [9.17, 15) is 13.2 Å². The van der Waals surface area contributed by atoms with Crippen LogP contribution in [0.25, 0.3) is 0 Å². The number of aliphatic carboxylic acids is 1. The fourth-order valence-corrected chi connectivity index (χ4v) is 4.05.